The summed E-state index contributed by atoms with van der Waals surface area (Å²) in [6, 6.07) is 7.50. The topological polar surface area (TPSA) is 64.3 Å². The zero-order valence-corrected chi connectivity index (χ0v) is 10.4. The summed E-state index contributed by atoms with van der Waals surface area (Å²) in [5, 5.41) is 2.86. The van der Waals surface area contributed by atoms with Gasteiger partial charge >= 0.3 is 0 Å². The van der Waals surface area contributed by atoms with Crippen LogP contribution in [0.25, 0.3) is 0 Å². The second kappa shape index (κ2) is 6.91. The molecule has 1 aromatic rings. The van der Waals surface area contributed by atoms with Gasteiger partial charge in [-0.05, 0) is 31.0 Å². The van der Waals surface area contributed by atoms with Crippen molar-refractivity contribution < 1.29 is 9.53 Å². The van der Waals surface area contributed by atoms with Crippen LogP contribution < -0.4 is 11.1 Å². The highest BCUT2D eigenvalue weighted by atomic mass is 16.5. The molecule has 0 saturated heterocycles. The molecule has 0 aliphatic carbocycles. The third-order valence-corrected chi connectivity index (χ3v) is 2.62. The van der Waals surface area contributed by atoms with Crippen LogP contribution in [-0.2, 0) is 16.1 Å². The van der Waals surface area contributed by atoms with Crippen LogP contribution in [0.2, 0.25) is 0 Å². The van der Waals surface area contributed by atoms with Crippen molar-refractivity contribution in [1.82, 2.24) is 5.32 Å². The van der Waals surface area contributed by atoms with Gasteiger partial charge in [-0.2, -0.15) is 0 Å². The highest BCUT2D eigenvalue weighted by Crippen LogP contribution is 2.06. The van der Waals surface area contributed by atoms with E-state index >= 15 is 0 Å². The molecule has 1 amide bonds. The third kappa shape index (κ3) is 5.36. The van der Waals surface area contributed by atoms with Crippen LogP contribution in [-0.4, -0.2) is 19.1 Å². The van der Waals surface area contributed by atoms with Crippen molar-refractivity contribution in [3.63, 3.8) is 0 Å². The minimum atomic E-state index is 0.0383. The zero-order valence-electron chi connectivity index (χ0n) is 10.4. The number of carbonyl (C=O) groups excluding carboxylic acids is 1. The Labute approximate surface area is 102 Å². The van der Waals surface area contributed by atoms with E-state index in [0.29, 0.717) is 18.7 Å². The molecular formula is C13H20N2O2. The van der Waals surface area contributed by atoms with E-state index < -0.39 is 0 Å². The summed E-state index contributed by atoms with van der Waals surface area (Å²) in [6.45, 7) is 2.47. The number of nitrogens with two attached hydrogens (primary N) is 1. The molecule has 0 heterocycles. The molecule has 0 aliphatic rings. The van der Waals surface area contributed by atoms with Gasteiger partial charge in [0, 0.05) is 25.8 Å². The van der Waals surface area contributed by atoms with Crippen molar-refractivity contribution in [2.45, 2.75) is 32.4 Å². The molecule has 4 nitrogen and oxygen atoms in total. The minimum absolute atomic E-state index is 0.0383. The molecule has 1 unspecified atom stereocenters. The number of ether oxygens (including phenoxy) is 1. The van der Waals surface area contributed by atoms with Crippen molar-refractivity contribution in [1.29, 1.82) is 0 Å². The van der Waals surface area contributed by atoms with Gasteiger partial charge in [0.05, 0.1) is 6.10 Å². The largest absolute Gasteiger partial charge is 0.399 e. The molecule has 0 fully saturated rings. The Bertz CT molecular complexity index is 366. The first kappa shape index (κ1) is 13.5. The van der Waals surface area contributed by atoms with E-state index in [1.807, 2.05) is 31.2 Å². The maximum atomic E-state index is 11.5. The van der Waals surface area contributed by atoms with E-state index in [1.54, 1.807) is 7.11 Å². The van der Waals surface area contributed by atoms with Crippen molar-refractivity contribution in [2.24, 2.45) is 0 Å². The Morgan fingerprint density at radius 3 is 2.94 bits per heavy atom. The number of anilines is 1. The average Bonchev–Trinajstić information content (AvgIpc) is 2.33. The molecule has 4 heteroatoms. The van der Waals surface area contributed by atoms with Gasteiger partial charge in [-0.3, -0.25) is 4.79 Å². The fraction of sp³-hybridized carbons (Fsp3) is 0.462. The fourth-order valence-electron chi connectivity index (χ4n) is 1.44. The van der Waals surface area contributed by atoms with E-state index in [0.717, 1.165) is 12.0 Å². The summed E-state index contributed by atoms with van der Waals surface area (Å²) < 4.78 is 5.08. The summed E-state index contributed by atoms with van der Waals surface area (Å²) in [5.41, 5.74) is 7.38. The molecule has 17 heavy (non-hydrogen) atoms. The number of carbonyl (C=O) groups is 1. The second-order valence-corrected chi connectivity index (χ2v) is 4.11. The summed E-state index contributed by atoms with van der Waals surface area (Å²) in [7, 11) is 1.65. The van der Waals surface area contributed by atoms with Crippen LogP contribution in [0.15, 0.2) is 24.3 Å². The molecule has 1 rings (SSSR count). The number of hydrogen-bond donors (Lipinski definition) is 2. The first-order chi connectivity index (χ1) is 8.11. The molecule has 1 atom stereocenters. The standard InChI is InChI=1S/C13H20N2O2/c1-10(17-2)6-7-13(16)15-9-11-4-3-5-12(14)8-11/h3-5,8,10H,6-7,9,14H2,1-2H3,(H,15,16). The number of amides is 1. The molecule has 0 radical (unpaired) electrons. The van der Waals surface area contributed by atoms with Crippen LogP contribution in [0.1, 0.15) is 25.3 Å². The highest BCUT2D eigenvalue weighted by Gasteiger charge is 2.05. The summed E-state index contributed by atoms with van der Waals surface area (Å²) >= 11 is 0. The minimum Gasteiger partial charge on any atom is -0.399 e. The molecule has 0 spiro atoms. The molecule has 0 aliphatic heterocycles. The Kier molecular flexibility index (Phi) is 5.49. The van der Waals surface area contributed by atoms with Gasteiger partial charge in [0.2, 0.25) is 5.91 Å². The van der Waals surface area contributed by atoms with Crippen molar-refractivity contribution in [3.8, 4) is 0 Å². The van der Waals surface area contributed by atoms with Gasteiger partial charge in [-0.1, -0.05) is 12.1 Å². The highest BCUT2D eigenvalue weighted by molar-refractivity contribution is 5.75. The number of benzene rings is 1. The maximum Gasteiger partial charge on any atom is 0.220 e. The lowest BCUT2D eigenvalue weighted by molar-refractivity contribution is -0.121. The summed E-state index contributed by atoms with van der Waals surface area (Å²) in [5.74, 6) is 0.0383. The molecule has 0 aromatic heterocycles. The van der Waals surface area contributed by atoms with Gasteiger partial charge in [-0.15, -0.1) is 0 Å². The van der Waals surface area contributed by atoms with Crippen LogP contribution in [0.4, 0.5) is 5.69 Å². The summed E-state index contributed by atoms with van der Waals surface area (Å²) in [6.07, 6.45) is 1.34. The van der Waals surface area contributed by atoms with Crippen LogP contribution in [0, 0.1) is 0 Å². The predicted octanol–water partition coefficient (Wildman–Crippen LogP) is 1.70. The fourth-order valence-corrected chi connectivity index (χ4v) is 1.44. The second-order valence-electron chi connectivity index (χ2n) is 4.11. The predicted molar refractivity (Wildman–Crippen MR) is 68.4 cm³/mol. The van der Waals surface area contributed by atoms with Crippen molar-refractivity contribution >= 4 is 11.6 Å². The quantitative estimate of drug-likeness (QED) is 0.739. The van der Waals surface area contributed by atoms with E-state index in [4.69, 9.17) is 10.5 Å². The zero-order chi connectivity index (χ0) is 12.7. The van der Waals surface area contributed by atoms with Crippen LogP contribution in [0.3, 0.4) is 0 Å². The normalized spacial score (nSPS) is 12.1. The Hall–Kier alpha value is -1.55. The first-order valence-electron chi connectivity index (χ1n) is 5.75. The first-order valence-corrected chi connectivity index (χ1v) is 5.75. The van der Waals surface area contributed by atoms with Crippen molar-refractivity contribution in [2.75, 3.05) is 12.8 Å². The molecule has 1 aromatic carbocycles. The summed E-state index contributed by atoms with van der Waals surface area (Å²) in [4.78, 5) is 11.5. The number of nitrogen functional groups attached to an aromatic ring is 1. The van der Waals surface area contributed by atoms with Gasteiger partial charge in [0.25, 0.3) is 0 Å². The number of rotatable bonds is 6. The molecule has 0 bridgehead atoms. The Morgan fingerprint density at radius 2 is 2.29 bits per heavy atom. The van der Waals surface area contributed by atoms with E-state index in [-0.39, 0.29) is 12.0 Å². The molecule has 0 saturated carbocycles. The lowest BCUT2D eigenvalue weighted by Gasteiger charge is -2.09. The van der Waals surface area contributed by atoms with Gasteiger partial charge in [0.1, 0.15) is 0 Å². The molecule has 3 N–H and O–H groups in total. The van der Waals surface area contributed by atoms with Gasteiger partial charge < -0.3 is 15.8 Å². The van der Waals surface area contributed by atoms with Crippen LogP contribution in [0.5, 0.6) is 0 Å². The van der Waals surface area contributed by atoms with E-state index in [1.165, 1.54) is 0 Å². The lowest BCUT2D eigenvalue weighted by Crippen LogP contribution is -2.23. The maximum absolute atomic E-state index is 11.5. The number of methoxy groups -OCH3 is 1. The Morgan fingerprint density at radius 1 is 1.53 bits per heavy atom. The molecule has 94 valence electrons. The Balaban J connectivity index is 2.28. The number of nitrogens with one attached hydrogen (secondary N) is 1. The number of hydrogen-bond acceptors (Lipinski definition) is 3. The SMILES string of the molecule is COC(C)CCC(=O)NCc1cccc(N)c1. The third-order valence-electron chi connectivity index (χ3n) is 2.62. The smallest absolute Gasteiger partial charge is 0.220 e. The van der Waals surface area contributed by atoms with E-state index in [9.17, 15) is 4.79 Å². The monoisotopic (exact) mass is 236 g/mol. The average molecular weight is 236 g/mol. The van der Waals surface area contributed by atoms with Crippen molar-refractivity contribution in [3.05, 3.63) is 29.8 Å². The molecular weight excluding hydrogens is 216 g/mol. The lowest BCUT2D eigenvalue weighted by atomic mass is 10.2. The van der Waals surface area contributed by atoms with Crippen LogP contribution >= 0.6 is 0 Å². The van der Waals surface area contributed by atoms with E-state index in [2.05, 4.69) is 5.32 Å². The van der Waals surface area contributed by atoms with Gasteiger partial charge in [0.15, 0.2) is 0 Å². The van der Waals surface area contributed by atoms with Gasteiger partial charge in [-0.25, -0.2) is 0 Å².